The lowest BCUT2D eigenvalue weighted by molar-refractivity contribution is -0.121. The SMILES string of the molecule is O=C(Cc1ccon1)NCC(O)c1cc2ccccc2s1. The van der Waals surface area contributed by atoms with E-state index < -0.39 is 6.10 Å². The molecule has 1 aromatic carbocycles. The van der Waals surface area contributed by atoms with Gasteiger partial charge in [0.15, 0.2) is 0 Å². The van der Waals surface area contributed by atoms with E-state index in [0.717, 1.165) is 15.0 Å². The molecule has 0 bridgehead atoms. The first-order valence-electron chi connectivity index (χ1n) is 6.55. The van der Waals surface area contributed by atoms with Crippen molar-refractivity contribution < 1.29 is 14.4 Å². The number of carbonyl (C=O) groups is 1. The number of nitrogens with zero attached hydrogens (tertiary/aromatic N) is 1. The number of hydrogen-bond acceptors (Lipinski definition) is 5. The standard InChI is InChI=1S/C15H14N2O3S/c18-12(9-16-15(19)8-11-5-6-20-17-11)14-7-10-3-1-2-4-13(10)21-14/h1-7,12,18H,8-9H2,(H,16,19). The van der Waals surface area contributed by atoms with Crippen LogP contribution < -0.4 is 5.32 Å². The van der Waals surface area contributed by atoms with Crippen LogP contribution in [0.2, 0.25) is 0 Å². The van der Waals surface area contributed by atoms with E-state index in [0.29, 0.717) is 5.69 Å². The highest BCUT2D eigenvalue weighted by Crippen LogP contribution is 2.29. The number of thiophene rings is 1. The van der Waals surface area contributed by atoms with Gasteiger partial charge in [0.1, 0.15) is 12.4 Å². The van der Waals surface area contributed by atoms with Crippen molar-refractivity contribution in [3.63, 3.8) is 0 Å². The maximum atomic E-state index is 11.7. The maximum absolute atomic E-state index is 11.7. The Morgan fingerprint density at radius 1 is 1.38 bits per heavy atom. The number of aromatic nitrogens is 1. The Hall–Kier alpha value is -2.18. The van der Waals surface area contributed by atoms with Crippen LogP contribution in [0.15, 0.2) is 47.2 Å². The van der Waals surface area contributed by atoms with Gasteiger partial charge in [-0.15, -0.1) is 11.3 Å². The summed E-state index contributed by atoms with van der Waals surface area (Å²) in [5.41, 5.74) is 0.573. The fourth-order valence-electron chi connectivity index (χ4n) is 2.03. The third-order valence-corrected chi connectivity index (χ3v) is 4.32. The van der Waals surface area contributed by atoms with Crippen molar-refractivity contribution in [1.29, 1.82) is 0 Å². The van der Waals surface area contributed by atoms with E-state index in [1.54, 1.807) is 6.07 Å². The van der Waals surface area contributed by atoms with Gasteiger partial charge in [0, 0.05) is 22.2 Å². The molecule has 1 amide bonds. The number of rotatable bonds is 5. The first-order valence-corrected chi connectivity index (χ1v) is 7.36. The molecule has 2 heterocycles. The molecular weight excluding hydrogens is 288 g/mol. The maximum Gasteiger partial charge on any atom is 0.226 e. The van der Waals surface area contributed by atoms with Crippen LogP contribution in [0.25, 0.3) is 10.1 Å². The number of amides is 1. The minimum absolute atomic E-state index is 0.148. The molecule has 0 aliphatic heterocycles. The van der Waals surface area contributed by atoms with E-state index in [2.05, 4.69) is 15.0 Å². The molecule has 6 heteroatoms. The van der Waals surface area contributed by atoms with E-state index in [-0.39, 0.29) is 18.9 Å². The Balaban J connectivity index is 1.58. The van der Waals surface area contributed by atoms with Gasteiger partial charge in [-0.05, 0) is 17.5 Å². The lowest BCUT2D eigenvalue weighted by Gasteiger charge is -2.09. The van der Waals surface area contributed by atoms with Crippen LogP contribution in [0.3, 0.4) is 0 Å². The van der Waals surface area contributed by atoms with Crippen molar-refractivity contribution in [2.75, 3.05) is 6.54 Å². The van der Waals surface area contributed by atoms with Crippen LogP contribution >= 0.6 is 11.3 Å². The Bertz CT molecular complexity index is 703. The molecule has 1 atom stereocenters. The number of hydrogen-bond donors (Lipinski definition) is 2. The van der Waals surface area contributed by atoms with Crippen LogP contribution in [0.4, 0.5) is 0 Å². The van der Waals surface area contributed by atoms with E-state index in [9.17, 15) is 9.90 Å². The van der Waals surface area contributed by atoms with Gasteiger partial charge in [-0.3, -0.25) is 4.79 Å². The third-order valence-electron chi connectivity index (χ3n) is 3.10. The number of benzene rings is 1. The van der Waals surface area contributed by atoms with Gasteiger partial charge in [-0.2, -0.15) is 0 Å². The van der Waals surface area contributed by atoms with Gasteiger partial charge in [0.25, 0.3) is 0 Å². The highest BCUT2D eigenvalue weighted by atomic mass is 32.1. The summed E-state index contributed by atoms with van der Waals surface area (Å²) in [6, 6.07) is 11.5. The smallest absolute Gasteiger partial charge is 0.226 e. The number of nitrogens with one attached hydrogen (secondary N) is 1. The van der Waals surface area contributed by atoms with Crippen molar-refractivity contribution in [2.24, 2.45) is 0 Å². The highest BCUT2D eigenvalue weighted by molar-refractivity contribution is 7.19. The van der Waals surface area contributed by atoms with Gasteiger partial charge >= 0.3 is 0 Å². The fourth-order valence-corrected chi connectivity index (χ4v) is 3.08. The minimum Gasteiger partial charge on any atom is -0.386 e. The predicted octanol–water partition coefficient (Wildman–Crippen LogP) is 2.28. The molecule has 0 saturated carbocycles. The second-order valence-electron chi connectivity index (χ2n) is 4.67. The number of carbonyl (C=O) groups excluding carboxylic acids is 1. The Morgan fingerprint density at radius 3 is 3.00 bits per heavy atom. The number of aliphatic hydroxyl groups excluding tert-OH is 1. The monoisotopic (exact) mass is 302 g/mol. The molecule has 1 unspecified atom stereocenters. The van der Waals surface area contributed by atoms with Gasteiger partial charge in [0.05, 0.1) is 12.1 Å². The first-order chi connectivity index (χ1) is 10.2. The summed E-state index contributed by atoms with van der Waals surface area (Å²) < 4.78 is 5.79. The van der Waals surface area contributed by atoms with E-state index in [1.807, 2.05) is 30.3 Å². The summed E-state index contributed by atoms with van der Waals surface area (Å²) in [5, 5.41) is 17.6. The zero-order chi connectivity index (χ0) is 14.7. The van der Waals surface area contributed by atoms with Gasteiger partial charge in [-0.25, -0.2) is 0 Å². The third kappa shape index (κ3) is 3.29. The summed E-state index contributed by atoms with van der Waals surface area (Å²) in [6.45, 7) is 0.184. The molecule has 0 spiro atoms. The predicted molar refractivity (Wildman–Crippen MR) is 80.0 cm³/mol. The van der Waals surface area contributed by atoms with Crippen LogP contribution in [0.5, 0.6) is 0 Å². The van der Waals surface area contributed by atoms with Crippen molar-refractivity contribution in [3.05, 3.63) is 53.2 Å². The van der Waals surface area contributed by atoms with Crippen molar-refractivity contribution >= 4 is 27.3 Å². The number of aliphatic hydroxyl groups is 1. The normalized spacial score (nSPS) is 12.4. The van der Waals surface area contributed by atoms with E-state index in [4.69, 9.17) is 0 Å². The minimum atomic E-state index is -0.705. The van der Waals surface area contributed by atoms with Crippen LogP contribution in [-0.2, 0) is 11.2 Å². The molecule has 0 aliphatic rings. The lowest BCUT2D eigenvalue weighted by Crippen LogP contribution is -2.29. The highest BCUT2D eigenvalue weighted by Gasteiger charge is 2.13. The van der Waals surface area contributed by atoms with Gasteiger partial charge in [-0.1, -0.05) is 23.4 Å². The summed E-state index contributed by atoms with van der Waals surface area (Å²) in [5.74, 6) is -0.191. The molecule has 0 aliphatic carbocycles. The topological polar surface area (TPSA) is 75.4 Å². The molecule has 108 valence electrons. The van der Waals surface area contributed by atoms with E-state index in [1.165, 1.54) is 17.6 Å². The molecular formula is C15H14N2O3S. The zero-order valence-corrected chi connectivity index (χ0v) is 12.0. The molecule has 2 aromatic heterocycles. The largest absolute Gasteiger partial charge is 0.386 e. The second-order valence-corrected chi connectivity index (χ2v) is 5.79. The molecule has 0 saturated heterocycles. The summed E-state index contributed by atoms with van der Waals surface area (Å²) in [7, 11) is 0. The van der Waals surface area contributed by atoms with Crippen molar-refractivity contribution in [1.82, 2.24) is 10.5 Å². The number of fused-ring (bicyclic) bond motifs is 1. The average Bonchev–Trinajstić information content (AvgIpc) is 3.13. The Kier molecular flexibility index (Phi) is 3.98. The molecule has 0 radical (unpaired) electrons. The van der Waals surface area contributed by atoms with Gasteiger partial charge < -0.3 is 14.9 Å². The van der Waals surface area contributed by atoms with Crippen LogP contribution in [0.1, 0.15) is 16.7 Å². The lowest BCUT2D eigenvalue weighted by atomic mass is 10.2. The van der Waals surface area contributed by atoms with Crippen molar-refractivity contribution in [2.45, 2.75) is 12.5 Å². The average molecular weight is 302 g/mol. The molecule has 3 rings (SSSR count). The molecule has 0 fully saturated rings. The van der Waals surface area contributed by atoms with Gasteiger partial charge in [0.2, 0.25) is 5.91 Å². The molecule has 21 heavy (non-hydrogen) atoms. The fraction of sp³-hybridized carbons (Fsp3) is 0.200. The summed E-state index contributed by atoms with van der Waals surface area (Å²) in [6.07, 6.45) is 0.869. The first kappa shape index (κ1) is 13.8. The molecule has 2 N–H and O–H groups in total. The zero-order valence-electron chi connectivity index (χ0n) is 11.2. The summed E-state index contributed by atoms with van der Waals surface area (Å²) in [4.78, 5) is 12.6. The quantitative estimate of drug-likeness (QED) is 0.758. The Morgan fingerprint density at radius 2 is 2.24 bits per heavy atom. The van der Waals surface area contributed by atoms with Crippen LogP contribution in [0, 0.1) is 0 Å². The van der Waals surface area contributed by atoms with Crippen molar-refractivity contribution in [3.8, 4) is 0 Å². The molecule has 5 nitrogen and oxygen atoms in total. The van der Waals surface area contributed by atoms with E-state index >= 15 is 0 Å². The molecule has 3 aromatic rings. The second kappa shape index (κ2) is 6.07. The van der Waals surface area contributed by atoms with Crippen LogP contribution in [-0.4, -0.2) is 22.7 Å². The summed E-state index contributed by atoms with van der Waals surface area (Å²) >= 11 is 1.53. The Labute approximate surface area is 125 Å².